The maximum atomic E-state index is 11.7. The smallest absolute Gasteiger partial charge is 0.338 e. The van der Waals surface area contributed by atoms with Gasteiger partial charge in [-0.3, -0.25) is 0 Å². The minimum Gasteiger partial charge on any atom is -0.462 e. The molecule has 1 atom stereocenters. The van der Waals surface area contributed by atoms with Crippen molar-refractivity contribution in [1.82, 2.24) is 0 Å². The van der Waals surface area contributed by atoms with Gasteiger partial charge in [-0.15, -0.1) is 0 Å². The van der Waals surface area contributed by atoms with Gasteiger partial charge in [0.05, 0.1) is 17.5 Å². The number of fused-ring (bicyclic) bond motifs is 1. The van der Waals surface area contributed by atoms with Crippen LogP contribution in [0.1, 0.15) is 54.2 Å². The summed E-state index contributed by atoms with van der Waals surface area (Å²) in [5.41, 5.74) is 4.85. The van der Waals surface area contributed by atoms with Crippen molar-refractivity contribution >= 4 is 24.3 Å². The number of thiol groups is 1. The van der Waals surface area contributed by atoms with E-state index in [1.807, 2.05) is 18.2 Å². The monoisotopic (exact) mass is 365 g/mol. The zero-order valence-electron chi connectivity index (χ0n) is 15.3. The third-order valence-corrected chi connectivity index (χ3v) is 4.83. The van der Waals surface area contributed by atoms with Crippen molar-refractivity contribution in [2.75, 3.05) is 11.9 Å². The van der Waals surface area contributed by atoms with E-state index >= 15 is 0 Å². The van der Waals surface area contributed by atoms with Gasteiger partial charge in [-0.2, -0.15) is 12.6 Å². The lowest BCUT2D eigenvalue weighted by Crippen LogP contribution is -2.33. The van der Waals surface area contributed by atoms with Gasteiger partial charge >= 0.3 is 5.97 Å². The van der Waals surface area contributed by atoms with Crippen LogP contribution in [-0.4, -0.2) is 18.0 Å². The molecular weight excluding hydrogens is 342 g/mol. The number of nitrogens with one attached hydrogen (secondary N) is 1. The average Bonchev–Trinajstić information content (AvgIpc) is 2.60. The summed E-state index contributed by atoms with van der Waals surface area (Å²) in [6, 6.07) is 13.4. The summed E-state index contributed by atoms with van der Waals surface area (Å²) in [6.07, 6.45) is 0.968. The molecule has 0 radical (unpaired) electrons. The lowest BCUT2D eigenvalue weighted by molar-refractivity contribution is 0.0526. The van der Waals surface area contributed by atoms with Gasteiger partial charge in [0.2, 0.25) is 0 Å². The molecule has 0 amide bonds. The van der Waals surface area contributed by atoms with Crippen molar-refractivity contribution in [3.05, 3.63) is 64.7 Å². The van der Waals surface area contributed by atoms with Gasteiger partial charge in [-0.1, -0.05) is 25.7 Å². The first-order chi connectivity index (χ1) is 12.4. The van der Waals surface area contributed by atoms with Crippen molar-refractivity contribution in [1.29, 1.82) is 0 Å². The first-order valence-electron chi connectivity index (χ1n) is 8.77. The minimum absolute atomic E-state index is 0.0615. The highest BCUT2D eigenvalue weighted by atomic mass is 32.1. The van der Waals surface area contributed by atoms with Crippen LogP contribution in [0.15, 0.2) is 42.5 Å². The Morgan fingerprint density at radius 2 is 1.85 bits per heavy atom. The topological polar surface area (TPSA) is 38.3 Å². The van der Waals surface area contributed by atoms with Crippen LogP contribution in [0, 0.1) is 11.8 Å². The molecule has 0 bridgehead atoms. The predicted molar refractivity (Wildman–Crippen MR) is 109 cm³/mol. The van der Waals surface area contributed by atoms with E-state index in [4.69, 9.17) is 4.74 Å². The van der Waals surface area contributed by atoms with Gasteiger partial charge in [-0.05, 0) is 66.8 Å². The first-order valence-corrected chi connectivity index (χ1v) is 9.29. The van der Waals surface area contributed by atoms with E-state index in [0.29, 0.717) is 12.2 Å². The Morgan fingerprint density at radius 3 is 2.54 bits per heavy atom. The molecule has 2 aromatic rings. The van der Waals surface area contributed by atoms with Gasteiger partial charge in [-0.25, -0.2) is 4.79 Å². The highest BCUT2D eigenvalue weighted by Gasteiger charge is 2.31. The molecule has 1 unspecified atom stereocenters. The van der Waals surface area contributed by atoms with Crippen LogP contribution in [0.3, 0.4) is 0 Å². The van der Waals surface area contributed by atoms with Crippen LogP contribution in [0.5, 0.6) is 0 Å². The molecule has 4 heteroatoms. The molecule has 0 aromatic heterocycles. The molecule has 134 valence electrons. The summed E-state index contributed by atoms with van der Waals surface area (Å²) in [4.78, 5) is 11.7. The molecule has 0 aliphatic carbocycles. The minimum atomic E-state index is -0.307. The number of carbonyl (C=O) groups is 1. The van der Waals surface area contributed by atoms with E-state index in [0.717, 1.165) is 23.2 Å². The largest absolute Gasteiger partial charge is 0.462 e. The average molecular weight is 365 g/mol. The van der Waals surface area contributed by atoms with Gasteiger partial charge in [0.15, 0.2) is 0 Å². The van der Waals surface area contributed by atoms with Crippen LogP contribution in [-0.2, 0) is 10.2 Å². The van der Waals surface area contributed by atoms with E-state index in [1.54, 1.807) is 19.1 Å². The van der Waals surface area contributed by atoms with E-state index in [2.05, 4.69) is 55.8 Å². The van der Waals surface area contributed by atoms with E-state index in [-0.39, 0.29) is 16.8 Å². The zero-order chi connectivity index (χ0) is 18.7. The summed E-state index contributed by atoms with van der Waals surface area (Å²) >= 11 is 4.58. The predicted octanol–water partition coefficient (Wildman–Crippen LogP) is 4.61. The quantitative estimate of drug-likeness (QED) is 0.464. The molecule has 0 fully saturated rings. The summed E-state index contributed by atoms with van der Waals surface area (Å²) in [5.74, 6) is 6.08. The Labute approximate surface area is 160 Å². The van der Waals surface area contributed by atoms with Crippen molar-refractivity contribution < 1.29 is 9.53 Å². The van der Waals surface area contributed by atoms with Crippen LogP contribution in [0.2, 0.25) is 0 Å². The molecule has 26 heavy (non-hydrogen) atoms. The Hall–Kier alpha value is -2.38. The highest BCUT2D eigenvalue weighted by molar-refractivity contribution is 7.81. The Balaban J connectivity index is 1.82. The lowest BCUT2D eigenvalue weighted by Gasteiger charge is -2.36. The summed E-state index contributed by atoms with van der Waals surface area (Å²) in [6.45, 7) is 6.64. The summed E-state index contributed by atoms with van der Waals surface area (Å²) in [7, 11) is 0. The second-order valence-electron chi connectivity index (χ2n) is 7.06. The standard InChI is InChI=1S/C22H23NO2S/c1-4-25-21(24)17-10-7-15(8-11-17)5-6-16-9-12-19-18(13-16)22(2,3)14-20(26)23-19/h7-13,20,23,26H,4,14H2,1-3H3. The summed E-state index contributed by atoms with van der Waals surface area (Å²) in [5, 5.41) is 3.59. The SMILES string of the molecule is CCOC(=O)c1ccc(C#Cc2ccc3c(c2)C(C)(C)CC(S)N3)cc1. The Bertz CT molecular complexity index is 875. The number of rotatable bonds is 2. The molecule has 1 heterocycles. The maximum Gasteiger partial charge on any atom is 0.338 e. The molecule has 1 aliphatic heterocycles. The third-order valence-electron chi connectivity index (χ3n) is 4.52. The van der Waals surface area contributed by atoms with Gasteiger partial charge in [0.25, 0.3) is 0 Å². The maximum absolute atomic E-state index is 11.7. The molecule has 1 N–H and O–H groups in total. The van der Waals surface area contributed by atoms with Gasteiger partial charge in [0.1, 0.15) is 0 Å². The van der Waals surface area contributed by atoms with Gasteiger partial charge < -0.3 is 10.1 Å². The van der Waals surface area contributed by atoms with Crippen molar-refractivity contribution in [2.24, 2.45) is 0 Å². The van der Waals surface area contributed by atoms with Crippen LogP contribution in [0.4, 0.5) is 5.69 Å². The van der Waals surface area contributed by atoms with Gasteiger partial charge in [0, 0.05) is 16.8 Å². The highest BCUT2D eigenvalue weighted by Crippen LogP contribution is 2.40. The number of carbonyl (C=O) groups excluding carboxylic acids is 1. The molecule has 0 saturated carbocycles. The molecular formula is C22H23NO2S. The van der Waals surface area contributed by atoms with Crippen LogP contribution in [0.25, 0.3) is 0 Å². The Kier molecular flexibility index (Phi) is 5.29. The van der Waals surface area contributed by atoms with E-state index in [9.17, 15) is 4.79 Å². The zero-order valence-corrected chi connectivity index (χ0v) is 16.2. The number of hydrogen-bond acceptors (Lipinski definition) is 4. The number of ether oxygens (including phenoxy) is 1. The second-order valence-corrected chi connectivity index (χ2v) is 7.68. The lowest BCUT2D eigenvalue weighted by atomic mass is 9.77. The number of anilines is 1. The molecule has 0 saturated heterocycles. The fourth-order valence-corrected chi connectivity index (χ4v) is 3.78. The first kappa shape index (κ1) is 18.4. The molecule has 1 aliphatic rings. The van der Waals surface area contributed by atoms with Crippen LogP contribution >= 0.6 is 12.6 Å². The number of hydrogen-bond donors (Lipinski definition) is 2. The molecule has 3 nitrogen and oxygen atoms in total. The molecule has 0 spiro atoms. The third kappa shape index (κ3) is 4.05. The summed E-state index contributed by atoms with van der Waals surface area (Å²) < 4.78 is 4.99. The Morgan fingerprint density at radius 1 is 1.19 bits per heavy atom. The van der Waals surface area contributed by atoms with Crippen LogP contribution < -0.4 is 5.32 Å². The second kappa shape index (κ2) is 7.47. The van der Waals surface area contributed by atoms with Crippen molar-refractivity contribution in [3.63, 3.8) is 0 Å². The number of benzene rings is 2. The fourth-order valence-electron chi connectivity index (χ4n) is 3.18. The normalized spacial score (nSPS) is 17.3. The van der Waals surface area contributed by atoms with E-state index < -0.39 is 0 Å². The molecule has 3 rings (SSSR count). The van der Waals surface area contributed by atoms with Crippen molar-refractivity contribution in [3.8, 4) is 11.8 Å². The fraction of sp³-hybridized carbons (Fsp3) is 0.318. The van der Waals surface area contributed by atoms with Crippen molar-refractivity contribution in [2.45, 2.75) is 38.0 Å². The molecule has 2 aromatic carbocycles. The number of esters is 1. The van der Waals surface area contributed by atoms with E-state index in [1.165, 1.54) is 5.56 Å².